The lowest BCUT2D eigenvalue weighted by Gasteiger charge is -2.57. The first-order chi connectivity index (χ1) is 9.95. The van der Waals surface area contributed by atoms with Crippen LogP contribution in [0.5, 0.6) is 0 Å². The summed E-state index contributed by atoms with van der Waals surface area (Å²) in [7, 11) is 0. The first kappa shape index (κ1) is 14.3. The lowest BCUT2D eigenvalue weighted by atomic mass is 9.48. The van der Waals surface area contributed by atoms with Gasteiger partial charge in [0.15, 0.2) is 0 Å². The highest BCUT2D eigenvalue weighted by atomic mass is 16.3. The van der Waals surface area contributed by atoms with E-state index < -0.39 is 0 Å². The van der Waals surface area contributed by atoms with Crippen LogP contribution in [0, 0.1) is 28.6 Å². The second kappa shape index (κ2) is 4.58. The minimum atomic E-state index is -0.0883. The Hall–Kier alpha value is -0.340. The quantitative estimate of drug-likeness (QED) is 0.669. The first-order valence-electron chi connectivity index (χ1n) is 9.08. The van der Waals surface area contributed by atoms with Crippen LogP contribution >= 0.6 is 0 Å². The highest BCUT2D eigenvalue weighted by molar-refractivity contribution is 5.25. The van der Waals surface area contributed by atoms with Crippen LogP contribution in [-0.2, 0) is 0 Å². The summed E-state index contributed by atoms with van der Waals surface area (Å²) in [4.78, 5) is 0. The number of rotatable bonds is 0. The monoisotopic (exact) mass is 289 g/mol. The average molecular weight is 289 g/mol. The molecule has 0 bridgehead atoms. The van der Waals surface area contributed by atoms with E-state index >= 15 is 0 Å². The molecule has 7 atom stereocenters. The van der Waals surface area contributed by atoms with E-state index in [1.165, 1.54) is 38.5 Å². The molecule has 0 aromatic rings. The van der Waals surface area contributed by atoms with Crippen LogP contribution in [0.2, 0.25) is 0 Å². The largest absolute Gasteiger partial charge is 0.393 e. The zero-order valence-electron chi connectivity index (χ0n) is 13.6. The molecular formula is C19H31NO. The summed E-state index contributed by atoms with van der Waals surface area (Å²) in [5, 5.41) is 10.0. The standard InChI is InChI=1S/C19H31NO/c1-18-9-7-13(21)11-12(18)3-4-14-15-5-6-17(20)19(15,2)10-8-16(14)18/h3,13-17,21H,4-11,20H2,1-2H3/t13?,14-,15-,16-,17?,18-,19-/m0/s1. The summed E-state index contributed by atoms with van der Waals surface area (Å²) in [5.74, 6) is 2.53. The third-order valence-corrected chi connectivity index (χ3v) is 8.15. The zero-order valence-corrected chi connectivity index (χ0v) is 13.6. The molecule has 2 unspecified atom stereocenters. The van der Waals surface area contributed by atoms with E-state index in [0.29, 0.717) is 16.9 Å². The normalized spacial score (nSPS) is 56.2. The predicted molar refractivity (Wildman–Crippen MR) is 85.7 cm³/mol. The lowest BCUT2D eigenvalue weighted by Crippen LogP contribution is -2.52. The molecule has 0 saturated heterocycles. The highest BCUT2D eigenvalue weighted by Gasteiger charge is 2.57. The first-order valence-corrected chi connectivity index (χ1v) is 9.08. The molecule has 4 aliphatic carbocycles. The van der Waals surface area contributed by atoms with E-state index in [9.17, 15) is 5.11 Å². The number of fused-ring (bicyclic) bond motifs is 5. The molecule has 0 heterocycles. The van der Waals surface area contributed by atoms with Crippen LogP contribution in [0.15, 0.2) is 11.6 Å². The van der Waals surface area contributed by atoms with E-state index in [-0.39, 0.29) is 6.10 Å². The SMILES string of the molecule is C[C@]12CCC(O)CC1=CC[C@@H]1[C@@H]2CC[C@]2(C)C(N)CC[C@@H]12. The van der Waals surface area contributed by atoms with Crippen LogP contribution in [0.3, 0.4) is 0 Å². The van der Waals surface area contributed by atoms with Gasteiger partial charge in [0.25, 0.3) is 0 Å². The summed E-state index contributed by atoms with van der Waals surface area (Å²) >= 11 is 0. The fraction of sp³-hybridized carbons (Fsp3) is 0.895. The molecule has 0 aliphatic heterocycles. The molecule has 21 heavy (non-hydrogen) atoms. The minimum Gasteiger partial charge on any atom is -0.393 e. The Balaban J connectivity index is 1.68. The Morgan fingerprint density at radius 3 is 2.71 bits per heavy atom. The Bertz CT molecular complexity index is 472. The van der Waals surface area contributed by atoms with Crippen LogP contribution in [0.1, 0.15) is 65.2 Å². The van der Waals surface area contributed by atoms with Gasteiger partial charge in [-0.05, 0) is 80.0 Å². The van der Waals surface area contributed by atoms with Gasteiger partial charge in [0.2, 0.25) is 0 Å². The molecular weight excluding hydrogens is 258 g/mol. The Kier molecular flexibility index (Phi) is 3.11. The molecule has 0 spiro atoms. The fourth-order valence-corrected chi connectivity index (χ4v) is 6.68. The van der Waals surface area contributed by atoms with Gasteiger partial charge in [-0.3, -0.25) is 0 Å². The van der Waals surface area contributed by atoms with Crippen molar-refractivity contribution in [1.29, 1.82) is 0 Å². The minimum absolute atomic E-state index is 0.0883. The van der Waals surface area contributed by atoms with Gasteiger partial charge in [0, 0.05) is 6.04 Å². The topological polar surface area (TPSA) is 46.2 Å². The average Bonchev–Trinajstić information content (AvgIpc) is 2.76. The van der Waals surface area contributed by atoms with Crippen molar-refractivity contribution >= 4 is 0 Å². The van der Waals surface area contributed by atoms with E-state index in [1.54, 1.807) is 5.57 Å². The van der Waals surface area contributed by atoms with Crippen molar-refractivity contribution in [3.8, 4) is 0 Å². The maximum absolute atomic E-state index is 10.0. The Labute approximate surface area is 129 Å². The molecule has 0 radical (unpaired) electrons. The molecule has 0 amide bonds. The van der Waals surface area contributed by atoms with Crippen molar-refractivity contribution in [3.05, 3.63) is 11.6 Å². The molecule has 2 nitrogen and oxygen atoms in total. The third kappa shape index (κ3) is 1.84. The van der Waals surface area contributed by atoms with Crippen molar-refractivity contribution in [3.63, 3.8) is 0 Å². The Morgan fingerprint density at radius 1 is 1.10 bits per heavy atom. The number of allylic oxidation sites excluding steroid dienone is 1. The van der Waals surface area contributed by atoms with Gasteiger partial charge < -0.3 is 10.8 Å². The maximum Gasteiger partial charge on any atom is 0.0577 e. The van der Waals surface area contributed by atoms with Crippen LogP contribution in [0.25, 0.3) is 0 Å². The number of nitrogens with two attached hydrogens (primary N) is 1. The van der Waals surface area contributed by atoms with Crippen LogP contribution < -0.4 is 5.73 Å². The van der Waals surface area contributed by atoms with Gasteiger partial charge in [-0.15, -0.1) is 0 Å². The maximum atomic E-state index is 10.0. The lowest BCUT2D eigenvalue weighted by molar-refractivity contribution is -0.0401. The van der Waals surface area contributed by atoms with Crippen molar-refractivity contribution in [1.82, 2.24) is 0 Å². The van der Waals surface area contributed by atoms with Gasteiger partial charge in [-0.1, -0.05) is 25.5 Å². The highest BCUT2D eigenvalue weighted by Crippen LogP contribution is 2.64. The Morgan fingerprint density at radius 2 is 1.90 bits per heavy atom. The summed E-state index contributed by atoms with van der Waals surface area (Å²) in [6, 6.07) is 0.426. The molecule has 0 aromatic carbocycles. The number of aliphatic hydroxyl groups is 1. The molecule has 4 rings (SSSR count). The summed E-state index contributed by atoms with van der Waals surface area (Å²) in [5.41, 5.74) is 8.83. The van der Waals surface area contributed by atoms with Crippen LogP contribution in [-0.4, -0.2) is 17.3 Å². The fourth-order valence-electron chi connectivity index (χ4n) is 6.68. The molecule has 3 fully saturated rings. The van der Waals surface area contributed by atoms with E-state index in [2.05, 4.69) is 19.9 Å². The van der Waals surface area contributed by atoms with E-state index in [4.69, 9.17) is 5.73 Å². The van der Waals surface area contributed by atoms with Crippen molar-refractivity contribution in [2.24, 2.45) is 34.3 Å². The molecule has 2 heteroatoms. The summed E-state index contributed by atoms with van der Waals surface area (Å²) in [6.07, 6.45) is 12.1. The number of hydrogen-bond donors (Lipinski definition) is 2. The number of hydrogen-bond acceptors (Lipinski definition) is 2. The number of aliphatic hydroxyl groups excluding tert-OH is 1. The predicted octanol–water partition coefficient (Wildman–Crippen LogP) is 3.64. The molecule has 3 N–H and O–H groups in total. The van der Waals surface area contributed by atoms with Crippen molar-refractivity contribution in [2.75, 3.05) is 0 Å². The van der Waals surface area contributed by atoms with Gasteiger partial charge in [0.1, 0.15) is 0 Å². The molecule has 4 aliphatic rings. The van der Waals surface area contributed by atoms with Crippen molar-refractivity contribution in [2.45, 2.75) is 77.4 Å². The molecule has 3 saturated carbocycles. The van der Waals surface area contributed by atoms with Gasteiger partial charge in [-0.25, -0.2) is 0 Å². The van der Waals surface area contributed by atoms with Gasteiger partial charge in [0.05, 0.1) is 6.10 Å². The molecule has 0 aromatic heterocycles. The van der Waals surface area contributed by atoms with E-state index in [0.717, 1.165) is 30.6 Å². The summed E-state index contributed by atoms with van der Waals surface area (Å²) in [6.45, 7) is 4.97. The second-order valence-corrected chi connectivity index (χ2v) is 8.88. The third-order valence-electron chi connectivity index (χ3n) is 8.15. The van der Waals surface area contributed by atoms with Gasteiger partial charge >= 0.3 is 0 Å². The second-order valence-electron chi connectivity index (χ2n) is 8.88. The summed E-state index contributed by atoms with van der Waals surface area (Å²) < 4.78 is 0. The zero-order chi connectivity index (χ0) is 14.8. The van der Waals surface area contributed by atoms with Crippen molar-refractivity contribution < 1.29 is 5.11 Å². The molecule has 118 valence electrons. The van der Waals surface area contributed by atoms with E-state index in [1.807, 2.05) is 0 Å². The smallest absolute Gasteiger partial charge is 0.0577 e. The van der Waals surface area contributed by atoms with Crippen LogP contribution in [0.4, 0.5) is 0 Å². The van der Waals surface area contributed by atoms with Gasteiger partial charge in [-0.2, -0.15) is 0 Å².